The van der Waals surface area contributed by atoms with Crippen molar-refractivity contribution in [2.24, 2.45) is 29.1 Å². The third-order valence-electron chi connectivity index (χ3n) is 7.72. The van der Waals surface area contributed by atoms with Crippen LogP contribution in [0.25, 0.3) is 0 Å². The fourth-order valence-electron chi connectivity index (χ4n) is 6.93. The van der Waals surface area contributed by atoms with Crippen LogP contribution in [0.15, 0.2) is 0 Å². The van der Waals surface area contributed by atoms with Gasteiger partial charge >= 0.3 is 0 Å². The number of nitrogens with one attached hydrogen (secondary N) is 1. The molecule has 1 N–H and O–H groups in total. The summed E-state index contributed by atoms with van der Waals surface area (Å²) in [6.45, 7) is 3.79. The Kier molecular flexibility index (Phi) is 4.07. The Morgan fingerprint density at radius 1 is 0.952 bits per heavy atom. The number of rotatable bonds is 6. The highest BCUT2D eigenvalue weighted by molar-refractivity contribution is 5.05. The Balaban J connectivity index is 1.25. The lowest BCUT2D eigenvalue weighted by molar-refractivity contribution is -0.0703. The molecule has 0 aromatic heterocycles. The smallest absolute Gasteiger partial charge is 0.00954 e. The minimum atomic E-state index is 0.697. The van der Waals surface area contributed by atoms with Gasteiger partial charge in [-0.05, 0) is 93.9 Å². The third-order valence-corrected chi connectivity index (χ3v) is 7.72. The molecule has 5 aliphatic rings. The molecule has 0 aliphatic heterocycles. The molecule has 0 radical (unpaired) electrons. The molecule has 0 amide bonds. The maximum atomic E-state index is 3.96. The lowest BCUT2D eigenvalue weighted by Crippen LogP contribution is -2.55. The summed E-state index contributed by atoms with van der Waals surface area (Å²) in [7, 11) is 0. The van der Waals surface area contributed by atoms with Gasteiger partial charge in [-0.2, -0.15) is 0 Å². The Morgan fingerprint density at radius 3 is 2.10 bits per heavy atom. The Bertz CT molecular complexity index is 320. The maximum absolute atomic E-state index is 3.96. The molecule has 0 aromatic carbocycles. The quantitative estimate of drug-likeness (QED) is 0.667. The standard InChI is InChI=1S/C20H35N/c1-15(21-8-4-7-16-5-2-3-6-16)20-12-17-9-18(13-20)11-19(10-17)14-20/h15-19,21H,2-14H2,1H3. The van der Waals surface area contributed by atoms with Gasteiger partial charge < -0.3 is 5.32 Å². The van der Waals surface area contributed by atoms with E-state index in [4.69, 9.17) is 0 Å². The summed E-state index contributed by atoms with van der Waals surface area (Å²) in [6.07, 6.45) is 18.3. The van der Waals surface area contributed by atoms with Gasteiger partial charge in [-0.1, -0.05) is 25.7 Å². The number of hydrogen-bond donors (Lipinski definition) is 1. The zero-order chi connectivity index (χ0) is 14.3. The predicted octanol–water partition coefficient (Wildman–Crippen LogP) is 5.15. The molecule has 5 rings (SSSR count). The normalized spacial score (nSPS) is 43.6. The zero-order valence-electron chi connectivity index (χ0n) is 14.1. The Labute approximate surface area is 131 Å². The van der Waals surface area contributed by atoms with E-state index in [0.717, 1.165) is 29.7 Å². The molecule has 0 saturated heterocycles. The largest absolute Gasteiger partial charge is 0.314 e. The summed E-state index contributed by atoms with van der Waals surface area (Å²) in [4.78, 5) is 0. The van der Waals surface area contributed by atoms with E-state index in [9.17, 15) is 0 Å². The van der Waals surface area contributed by atoms with E-state index in [1.165, 1.54) is 45.1 Å². The fraction of sp³-hybridized carbons (Fsp3) is 1.00. The Hall–Kier alpha value is -0.0400. The van der Waals surface area contributed by atoms with Crippen LogP contribution in [0.5, 0.6) is 0 Å². The van der Waals surface area contributed by atoms with Gasteiger partial charge in [0.2, 0.25) is 0 Å². The SMILES string of the molecule is CC(NCCCC1CCCC1)C12CC3CC(CC(C3)C1)C2. The van der Waals surface area contributed by atoms with Crippen LogP contribution >= 0.6 is 0 Å². The highest BCUT2D eigenvalue weighted by atomic mass is 14.9. The van der Waals surface area contributed by atoms with Crippen molar-refractivity contribution in [1.29, 1.82) is 0 Å². The zero-order valence-corrected chi connectivity index (χ0v) is 14.1. The van der Waals surface area contributed by atoms with E-state index in [-0.39, 0.29) is 0 Å². The van der Waals surface area contributed by atoms with Crippen molar-refractivity contribution in [2.45, 2.75) is 90.0 Å². The van der Waals surface area contributed by atoms with E-state index < -0.39 is 0 Å². The summed E-state index contributed by atoms with van der Waals surface area (Å²) >= 11 is 0. The van der Waals surface area contributed by atoms with Crippen molar-refractivity contribution < 1.29 is 0 Å². The van der Waals surface area contributed by atoms with E-state index >= 15 is 0 Å². The van der Waals surface area contributed by atoms with E-state index in [1.807, 2.05) is 0 Å². The van der Waals surface area contributed by atoms with Crippen LogP contribution in [-0.2, 0) is 0 Å². The summed E-state index contributed by atoms with van der Waals surface area (Å²) in [6, 6.07) is 0.773. The second-order valence-corrected chi connectivity index (χ2v) is 9.25. The van der Waals surface area contributed by atoms with Crippen molar-refractivity contribution in [3.8, 4) is 0 Å². The highest BCUT2D eigenvalue weighted by Gasteiger charge is 2.52. The first-order valence-corrected chi connectivity index (χ1v) is 9.97. The van der Waals surface area contributed by atoms with Gasteiger partial charge in [-0.15, -0.1) is 0 Å². The van der Waals surface area contributed by atoms with Crippen LogP contribution in [0.2, 0.25) is 0 Å². The van der Waals surface area contributed by atoms with Crippen molar-refractivity contribution in [2.75, 3.05) is 6.54 Å². The molecule has 21 heavy (non-hydrogen) atoms. The molecular weight excluding hydrogens is 254 g/mol. The van der Waals surface area contributed by atoms with Gasteiger partial charge in [0.05, 0.1) is 0 Å². The second-order valence-electron chi connectivity index (χ2n) is 9.25. The van der Waals surface area contributed by atoms with E-state index in [2.05, 4.69) is 12.2 Å². The minimum Gasteiger partial charge on any atom is -0.314 e. The van der Waals surface area contributed by atoms with Crippen molar-refractivity contribution in [3.63, 3.8) is 0 Å². The lowest BCUT2D eigenvalue weighted by Gasteiger charge is -2.59. The molecule has 1 unspecified atom stereocenters. The summed E-state index contributed by atoms with van der Waals surface area (Å²) in [5.74, 6) is 4.36. The monoisotopic (exact) mass is 289 g/mol. The van der Waals surface area contributed by atoms with Crippen LogP contribution in [0, 0.1) is 29.1 Å². The molecule has 1 nitrogen and oxygen atoms in total. The Morgan fingerprint density at radius 2 is 1.52 bits per heavy atom. The van der Waals surface area contributed by atoms with Gasteiger partial charge in [0.15, 0.2) is 0 Å². The van der Waals surface area contributed by atoms with Crippen LogP contribution in [0.3, 0.4) is 0 Å². The first-order valence-electron chi connectivity index (χ1n) is 9.97. The molecule has 1 atom stereocenters. The molecule has 5 aliphatic carbocycles. The molecule has 1 heteroatoms. The summed E-state index contributed by atoms with van der Waals surface area (Å²) < 4.78 is 0. The first kappa shape index (κ1) is 14.5. The first-order chi connectivity index (χ1) is 10.2. The van der Waals surface area contributed by atoms with Gasteiger partial charge in [-0.25, -0.2) is 0 Å². The van der Waals surface area contributed by atoms with Crippen molar-refractivity contribution in [1.82, 2.24) is 5.32 Å². The molecule has 0 aromatic rings. The molecule has 120 valence electrons. The van der Waals surface area contributed by atoms with Crippen molar-refractivity contribution in [3.05, 3.63) is 0 Å². The molecular formula is C20H35N. The predicted molar refractivity (Wildman–Crippen MR) is 89.3 cm³/mol. The van der Waals surface area contributed by atoms with Gasteiger partial charge in [-0.3, -0.25) is 0 Å². The number of hydrogen-bond acceptors (Lipinski definition) is 1. The molecule has 5 saturated carbocycles. The van der Waals surface area contributed by atoms with Crippen molar-refractivity contribution >= 4 is 0 Å². The highest BCUT2D eigenvalue weighted by Crippen LogP contribution is 2.61. The van der Waals surface area contributed by atoms with E-state index in [0.29, 0.717) is 5.41 Å². The maximum Gasteiger partial charge on any atom is 0.00954 e. The van der Waals surface area contributed by atoms with E-state index in [1.54, 1.807) is 38.5 Å². The molecule has 0 heterocycles. The molecule has 5 fully saturated rings. The lowest BCUT2D eigenvalue weighted by atomic mass is 9.48. The fourth-order valence-corrected chi connectivity index (χ4v) is 6.93. The van der Waals surface area contributed by atoms with Gasteiger partial charge in [0, 0.05) is 6.04 Å². The molecule has 0 spiro atoms. The summed E-state index contributed by atoms with van der Waals surface area (Å²) in [5.41, 5.74) is 0.697. The third kappa shape index (κ3) is 2.92. The van der Waals surface area contributed by atoms with Gasteiger partial charge in [0.25, 0.3) is 0 Å². The van der Waals surface area contributed by atoms with Crippen LogP contribution in [-0.4, -0.2) is 12.6 Å². The van der Waals surface area contributed by atoms with Gasteiger partial charge in [0.1, 0.15) is 0 Å². The minimum absolute atomic E-state index is 0.697. The average molecular weight is 290 g/mol. The van der Waals surface area contributed by atoms with Crippen LogP contribution < -0.4 is 5.32 Å². The molecule has 4 bridgehead atoms. The average Bonchev–Trinajstić information content (AvgIpc) is 2.95. The van der Waals surface area contributed by atoms with Crippen LogP contribution in [0.4, 0.5) is 0 Å². The summed E-state index contributed by atoms with van der Waals surface area (Å²) in [5, 5.41) is 3.96. The topological polar surface area (TPSA) is 12.0 Å². The second kappa shape index (κ2) is 5.87. The van der Waals surface area contributed by atoms with Crippen LogP contribution in [0.1, 0.15) is 84.0 Å².